The Balaban J connectivity index is 2.07. The van der Waals surface area contributed by atoms with Crippen LogP contribution in [0.2, 0.25) is 0 Å². The molecule has 2 rings (SSSR count). The van der Waals surface area contributed by atoms with E-state index in [1.165, 1.54) is 6.26 Å². The van der Waals surface area contributed by atoms with Gasteiger partial charge in [-0.3, -0.25) is 9.69 Å². The van der Waals surface area contributed by atoms with Gasteiger partial charge in [-0.15, -0.1) is 0 Å². The van der Waals surface area contributed by atoms with Crippen molar-refractivity contribution in [3.63, 3.8) is 0 Å². The minimum Gasteiger partial charge on any atom is -0.339 e. The molecule has 0 aromatic carbocycles. The largest absolute Gasteiger partial charge is 0.339 e. The summed E-state index contributed by atoms with van der Waals surface area (Å²) in [6, 6.07) is 0. The van der Waals surface area contributed by atoms with E-state index in [0.717, 1.165) is 19.6 Å². The molecule has 2 heterocycles. The maximum atomic E-state index is 13.0. The van der Waals surface area contributed by atoms with Gasteiger partial charge >= 0.3 is 0 Å². The highest BCUT2D eigenvalue weighted by Crippen LogP contribution is 2.30. The predicted molar refractivity (Wildman–Crippen MR) is 87.5 cm³/mol. The second kappa shape index (κ2) is 6.84. The second-order valence-corrected chi connectivity index (χ2v) is 9.33. The lowest BCUT2D eigenvalue weighted by atomic mass is 9.94. The molecule has 0 aromatic rings. The molecule has 0 unspecified atom stereocenters. The van der Waals surface area contributed by atoms with Gasteiger partial charge in [0, 0.05) is 39.0 Å². The Kier molecular flexibility index (Phi) is 5.50. The van der Waals surface area contributed by atoms with Crippen LogP contribution in [-0.4, -0.2) is 80.9 Å². The fourth-order valence-corrected chi connectivity index (χ4v) is 4.90. The molecule has 0 radical (unpaired) electrons. The van der Waals surface area contributed by atoms with Gasteiger partial charge in [-0.05, 0) is 31.8 Å². The lowest BCUT2D eigenvalue weighted by Crippen LogP contribution is -2.61. The third-order valence-electron chi connectivity index (χ3n) is 4.79. The van der Waals surface area contributed by atoms with E-state index in [4.69, 9.17) is 0 Å². The molecule has 0 saturated carbocycles. The fourth-order valence-electron chi connectivity index (χ4n) is 3.51. The Hall–Kier alpha value is -0.660. The number of carbonyl (C=O) groups is 1. The van der Waals surface area contributed by atoms with Gasteiger partial charge in [0.15, 0.2) is 14.6 Å². The number of carbonyl (C=O) groups excluding carboxylic acids is 1. The molecule has 1 N–H and O–H groups in total. The topological polar surface area (TPSA) is 69.7 Å². The maximum absolute atomic E-state index is 13.0. The Morgan fingerprint density at radius 3 is 2.14 bits per heavy atom. The highest BCUT2D eigenvalue weighted by molar-refractivity contribution is 7.92. The van der Waals surface area contributed by atoms with Crippen molar-refractivity contribution in [2.24, 2.45) is 5.92 Å². The van der Waals surface area contributed by atoms with E-state index in [1.54, 1.807) is 4.90 Å². The quantitative estimate of drug-likeness (QED) is 0.782. The monoisotopic (exact) mass is 331 g/mol. The van der Waals surface area contributed by atoms with Crippen LogP contribution in [0, 0.1) is 5.92 Å². The summed E-state index contributed by atoms with van der Waals surface area (Å²) >= 11 is 0. The van der Waals surface area contributed by atoms with E-state index in [-0.39, 0.29) is 5.91 Å². The first-order valence-electron chi connectivity index (χ1n) is 8.18. The molecule has 2 fully saturated rings. The minimum atomic E-state index is -3.41. The van der Waals surface area contributed by atoms with Crippen molar-refractivity contribution in [3.05, 3.63) is 0 Å². The van der Waals surface area contributed by atoms with E-state index < -0.39 is 14.6 Å². The molecule has 0 atom stereocenters. The zero-order valence-corrected chi connectivity index (χ0v) is 14.8. The van der Waals surface area contributed by atoms with Gasteiger partial charge in [0.05, 0.1) is 0 Å². The lowest BCUT2D eigenvalue weighted by molar-refractivity contribution is -0.136. The molecule has 0 bridgehead atoms. The van der Waals surface area contributed by atoms with Crippen molar-refractivity contribution in [1.82, 2.24) is 15.1 Å². The smallest absolute Gasteiger partial charge is 0.244 e. The molecule has 6 nitrogen and oxygen atoms in total. The number of amides is 1. The molecule has 0 aromatic heterocycles. The molecule has 2 aliphatic rings. The van der Waals surface area contributed by atoms with E-state index in [2.05, 4.69) is 24.1 Å². The standard InChI is InChI=1S/C15H29N3O3S/c1-13(2)12-17-8-10-18(11-9-17)14(19)15(22(3,20)21)4-6-16-7-5-15/h13,16H,4-12H2,1-3H3. The molecular formula is C15H29N3O3S. The van der Waals surface area contributed by atoms with Crippen LogP contribution < -0.4 is 5.32 Å². The number of hydrogen-bond acceptors (Lipinski definition) is 5. The maximum Gasteiger partial charge on any atom is 0.244 e. The third-order valence-corrected chi connectivity index (χ3v) is 6.80. The van der Waals surface area contributed by atoms with Crippen LogP contribution >= 0.6 is 0 Å². The van der Waals surface area contributed by atoms with Crippen LogP contribution in [0.1, 0.15) is 26.7 Å². The van der Waals surface area contributed by atoms with Crippen molar-refractivity contribution in [1.29, 1.82) is 0 Å². The average Bonchev–Trinajstić information content (AvgIpc) is 2.46. The summed E-state index contributed by atoms with van der Waals surface area (Å²) in [5, 5.41) is 3.15. The first-order chi connectivity index (χ1) is 10.3. The molecule has 128 valence electrons. The molecule has 22 heavy (non-hydrogen) atoms. The molecule has 2 saturated heterocycles. The van der Waals surface area contributed by atoms with Crippen LogP contribution in [0.4, 0.5) is 0 Å². The van der Waals surface area contributed by atoms with Gasteiger partial charge in [-0.25, -0.2) is 8.42 Å². The Morgan fingerprint density at radius 2 is 1.68 bits per heavy atom. The van der Waals surface area contributed by atoms with E-state index in [1.807, 2.05) is 0 Å². The fraction of sp³-hybridized carbons (Fsp3) is 0.933. The van der Waals surface area contributed by atoms with Crippen molar-refractivity contribution in [2.45, 2.75) is 31.4 Å². The highest BCUT2D eigenvalue weighted by atomic mass is 32.2. The van der Waals surface area contributed by atoms with Crippen LogP contribution in [-0.2, 0) is 14.6 Å². The lowest BCUT2D eigenvalue weighted by Gasteiger charge is -2.42. The van der Waals surface area contributed by atoms with Crippen LogP contribution in [0.15, 0.2) is 0 Å². The van der Waals surface area contributed by atoms with Gasteiger partial charge < -0.3 is 10.2 Å². The summed E-state index contributed by atoms with van der Waals surface area (Å²) in [7, 11) is -3.41. The number of sulfone groups is 1. The first kappa shape index (κ1) is 17.7. The van der Waals surface area contributed by atoms with Gasteiger partial charge in [0.25, 0.3) is 0 Å². The Labute approximate surface area is 134 Å². The summed E-state index contributed by atoms with van der Waals surface area (Å²) in [5.41, 5.74) is 0. The number of piperazine rings is 1. The number of piperidine rings is 1. The van der Waals surface area contributed by atoms with Gasteiger partial charge in [-0.2, -0.15) is 0 Å². The van der Waals surface area contributed by atoms with Gasteiger partial charge in [0.2, 0.25) is 5.91 Å². The zero-order chi connectivity index (χ0) is 16.4. The average molecular weight is 331 g/mol. The minimum absolute atomic E-state index is 0.180. The highest BCUT2D eigenvalue weighted by Gasteiger charge is 2.50. The Morgan fingerprint density at radius 1 is 1.14 bits per heavy atom. The van der Waals surface area contributed by atoms with Gasteiger partial charge in [0.1, 0.15) is 0 Å². The molecule has 0 spiro atoms. The summed E-state index contributed by atoms with van der Waals surface area (Å²) in [6.45, 7) is 9.52. The first-order valence-corrected chi connectivity index (χ1v) is 10.1. The predicted octanol–water partition coefficient (Wildman–Crippen LogP) is -0.0466. The number of nitrogens with one attached hydrogen (secondary N) is 1. The SMILES string of the molecule is CC(C)CN1CCN(C(=O)C2(S(C)(=O)=O)CCNCC2)CC1. The van der Waals surface area contributed by atoms with E-state index >= 15 is 0 Å². The number of rotatable bonds is 4. The van der Waals surface area contributed by atoms with Crippen molar-refractivity contribution < 1.29 is 13.2 Å². The van der Waals surface area contributed by atoms with E-state index in [9.17, 15) is 13.2 Å². The molecule has 0 aliphatic carbocycles. The summed E-state index contributed by atoms with van der Waals surface area (Å²) in [4.78, 5) is 17.1. The van der Waals surface area contributed by atoms with Crippen LogP contribution in [0.5, 0.6) is 0 Å². The van der Waals surface area contributed by atoms with Crippen molar-refractivity contribution >= 4 is 15.7 Å². The number of nitrogens with zero attached hydrogens (tertiary/aromatic N) is 2. The molecular weight excluding hydrogens is 302 g/mol. The second-order valence-electron chi connectivity index (χ2n) is 7.00. The third kappa shape index (κ3) is 3.63. The molecule has 7 heteroatoms. The summed E-state index contributed by atoms with van der Waals surface area (Å²) in [6.07, 6.45) is 1.99. The zero-order valence-electron chi connectivity index (χ0n) is 14.0. The van der Waals surface area contributed by atoms with Crippen molar-refractivity contribution in [3.8, 4) is 0 Å². The summed E-state index contributed by atoms with van der Waals surface area (Å²) in [5.74, 6) is 0.426. The van der Waals surface area contributed by atoms with Gasteiger partial charge in [-0.1, -0.05) is 13.8 Å². The van der Waals surface area contributed by atoms with E-state index in [0.29, 0.717) is 44.9 Å². The van der Waals surface area contributed by atoms with Crippen LogP contribution in [0.25, 0.3) is 0 Å². The van der Waals surface area contributed by atoms with Crippen molar-refractivity contribution in [2.75, 3.05) is 52.1 Å². The molecule has 2 aliphatic heterocycles. The summed E-state index contributed by atoms with van der Waals surface area (Å²) < 4.78 is 23.4. The Bertz CT molecular complexity index is 490. The van der Waals surface area contributed by atoms with Crippen LogP contribution in [0.3, 0.4) is 0 Å². The molecule has 1 amide bonds. The number of hydrogen-bond donors (Lipinski definition) is 1. The normalized spacial score (nSPS) is 23.7.